The molecule has 0 fully saturated rings. The topological polar surface area (TPSA) is 13.1 Å². The predicted molar refractivity (Wildman–Crippen MR) is 63.7 cm³/mol. The van der Waals surface area contributed by atoms with Gasteiger partial charge in [-0.2, -0.15) is 0 Å². The molecule has 15 heavy (non-hydrogen) atoms. The summed E-state index contributed by atoms with van der Waals surface area (Å²) in [7, 11) is 0. The van der Waals surface area contributed by atoms with Crippen LogP contribution in [0.15, 0.2) is 40.8 Å². The molecule has 74 valence electrons. The monoisotopic (exact) mass is 236 g/mol. The van der Waals surface area contributed by atoms with Crippen molar-refractivity contribution in [3.05, 3.63) is 46.4 Å². The van der Waals surface area contributed by atoms with Gasteiger partial charge in [0.25, 0.3) is 0 Å². The Morgan fingerprint density at radius 2 is 1.73 bits per heavy atom. The first-order valence-electron chi connectivity index (χ1n) is 4.52. The lowest BCUT2D eigenvalue weighted by Gasteiger charge is -1.94. The number of hydrogen-bond acceptors (Lipinski definition) is 1. The van der Waals surface area contributed by atoms with Crippen molar-refractivity contribution in [2.24, 2.45) is 0 Å². The van der Waals surface area contributed by atoms with E-state index in [1.165, 1.54) is 0 Å². The zero-order valence-corrected chi connectivity index (χ0v) is 9.14. The minimum atomic E-state index is 0.589. The Labute approximate surface area is 96.2 Å². The number of fused-ring (bicyclic) bond motifs is 3. The molecule has 0 bridgehead atoms. The van der Waals surface area contributed by atoms with E-state index in [0.717, 1.165) is 21.9 Å². The molecular formula is C12H6Cl2O. The van der Waals surface area contributed by atoms with Crippen LogP contribution in [0.2, 0.25) is 10.0 Å². The molecule has 1 nitrogen and oxygen atoms in total. The average Bonchev–Trinajstić information content (AvgIpc) is 2.54. The summed E-state index contributed by atoms with van der Waals surface area (Å²) in [5, 5.41) is 3.17. The molecule has 0 spiro atoms. The first-order valence-corrected chi connectivity index (χ1v) is 5.27. The van der Waals surface area contributed by atoms with Crippen molar-refractivity contribution in [2.45, 2.75) is 0 Å². The van der Waals surface area contributed by atoms with Gasteiger partial charge in [0.1, 0.15) is 11.2 Å². The first-order chi connectivity index (χ1) is 7.25. The summed E-state index contributed by atoms with van der Waals surface area (Å²) in [5.74, 6) is 0. The second-order valence-electron chi connectivity index (χ2n) is 3.36. The Bertz CT molecular complexity index is 655. The molecule has 0 N–H and O–H groups in total. The highest BCUT2D eigenvalue weighted by Crippen LogP contribution is 2.35. The van der Waals surface area contributed by atoms with Crippen LogP contribution in [-0.2, 0) is 0 Å². The SMILES string of the molecule is Clc1cc(Cl)c2c(c1)oc1ccccc12. The molecule has 0 atom stereocenters. The van der Waals surface area contributed by atoms with Gasteiger partial charge >= 0.3 is 0 Å². The molecule has 2 aromatic carbocycles. The average molecular weight is 237 g/mol. The van der Waals surface area contributed by atoms with Crippen LogP contribution < -0.4 is 0 Å². The normalized spacial score (nSPS) is 11.3. The van der Waals surface area contributed by atoms with Crippen LogP contribution in [0, 0.1) is 0 Å². The molecule has 3 rings (SSSR count). The number of benzene rings is 2. The maximum atomic E-state index is 6.14. The summed E-state index contributed by atoms with van der Waals surface area (Å²) in [6, 6.07) is 11.3. The Morgan fingerprint density at radius 3 is 2.60 bits per heavy atom. The molecule has 0 radical (unpaired) electrons. The van der Waals surface area contributed by atoms with Gasteiger partial charge in [-0.05, 0) is 12.1 Å². The third-order valence-electron chi connectivity index (χ3n) is 2.40. The third kappa shape index (κ3) is 1.31. The number of para-hydroxylation sites is 1. The molecule has 0 unspecified atom stereocenters. The second-order valence-corrected chi connectivity index (χ2v) is 4.20. The number of rotatable bonds is 0. The lowest BCUT2D eigenvalue weighted by Crippen LogP contribution is -1.69. The molecule has 1 heterocycles. The van der Waals surface area contributed by atoms with Crippen molar-refractivity contribution in [1.82, 2.24) is 0 Å². The summed E-state index contributed by atoms with van der Waals surface area (Å²) in [5.41, 5.74) is 1.56. The maximum absolute atomic E-state index is 6.14. The van der Waals surface area contributed by atoms with E-state index in [-0.39, 0.29) is 0 Å². The summed E-state index contributed by atoms with van der Waals surface area (Å²) >= 11 is 12.0. The number of halogens is 2. The van der Waals surface area contributed by atoms with Crippen molar-refractivity contribution < 1.29 is 4.42 Å². The summed E-state index contributed by atoms with van der Waals surface area (Å²) in [4.78, 5) is 0. The highest BCUT2D eigenvalue weighted by molar-refractivity contribution is 6.40. The van der Waals surface area contributed by atoms with Crippen LogP contribution in [0.1, 0.15) is 0 Å². The predicted octanol–water partition coefficient (Wildman–Crippen LogP) is 4.89. The van der Waals surface area contributed by atoms with E-state index in [1.54, 1.807) is 12.1 Å². The van der Waals surface area contributed by atoms with Crippen LogP contribution in [0.4, 0.5) is 0 Å². The van der Waals surface area contributed by atoms with E-state index in [0.29, 0.717) is 10.0 Å². The van der Waals surface area contributed by atoms with E-state index in [9.17, 15) is 0 Å². The van der Waals surface area contributed by atoms with Gasteiger partial charge in [0.15, 0.2) is 0 Å². The van der Waals surface area contributed by atoms with Crippen molar-refractivity contribution in [2.75, 3.05) is 0 Å². The Balaban J connectivity index is 2.61. The Morgan fingerprint density at radius 1 is 0.933 bits per heavy atom. The highest BCUT2D eigenvalue weighted by Gasteiger charge is 2.10. The second kappa shape index (κ2) is 3.16. The van der Waals surface area contributed by atoms with Gasteiger partial charge in [0.2, 0.25) is 0 Å². The van der Waals surface area contributed by atoms with Gasteiger partial charge in [0.05, 0.1) is 5.02 Å². The smallest absolute Gasteiger partial charge is 0.138 e. The van der Waals surface area contributed by atoms with E-state index in [2.05, 4.69) is 0 Å². The molecule has 1 aromatic heterocycles. The molecule has 0 saturated heterocycles. The summed E-state index contributed by atoms with van der Waals surface area (Å²) in [6.07, 6.45) is 0. The molecule has 0 amide bonds. The van der Waals surface area contributed by atoms with Crippen LogP contribution in [0.5, 0.6) is 0 Å². The Hall–Kier alpha value is -1.18. The van der Waals surface area contributed by atoms with Gasteiger partial charge in [-0.15, -0.1) is 0 Å². The summed E-state index contributed by atoms with van der Waals surface area (Å²) in [6.45, 7) is 0. The largest absolute Gasteiger partial charge is 0.456 e. The van der Waals surface area contributed by atoms with Crippen molar-refractivity contribution in [1.29, 1.82) is 0 Å². The fourth-order valence-electron chi connectivity index (χ4n) is 1.77. The zero-order chi connectivity index (χ0) is 10.4. The van der Waals surface area contributed by atoms with Crippen molar-refractivity contribution >= 4 is 45.1 Å². The molecule has 0 saturated carbocycles. The zero-order valence-electron chi connectivity index (χ0n) is 7.63. The van der Waals surface area contributed by atoms with E-state index in [1.807, 2.05) is 24.3 Å². The highest BCUT2D eigenvalue weighted by atomic mass is 35.5. The van der Waals surface area contributed by atoms with Gasteiger partial charge in [-0.3, -0.25) is 0 Å². The lowest BCUT2D eigenvalue weighted by atomic mass is 10.1. The molecule has 0 aliphatic heterocycles. The molecule has 0 aliphatic rings. The fraction of sp³-hybridized carbons (Fsp3) is 0. The van der Waals surface area contributed by atoms with Gasteiger partial charge in [-0.1, -0.05) is 41.4 Å². The van der Waals surface area contributed by atoms with Crippen LogP contribution in [0.25, 0.3) is 21.9 Å². The van der Waals surface area contributed by atoms with E-state index < -0.39 is 0 Å². The van der Waals surface area contributed by atoms with E-state index in [4.69, 9.17) is 27.6 Å². The molecule has 3 aromatic rings. The van der Waals surface area contributed by atoms with E-state index >= 15 is 0 Å². The fourth-order valence-corrected chi connectivity index (χ4v) is 2.35. The van der Waals surface area contributed by atoms with Crippen molar-refractivity contribution in [3.8, 4) is 0 Å². The lowest BCUT2D eigenvalue weighted by molar-refractivity contribution is 0.669. The van der Waals surface area contributed by atoms with Crippen molar-refractivity contribution in [3.63, 3.8) is 0 Å². The number of furan rings is 1. The minimum Gasteiger partial charge on any atom is -0.456 e. The number of hydrogen-bond donors (Lipinski definition) is 0. The van der Waals surface area contributed by atoms with Crippen LogP contribution in [-0.4, -0.2) is 0 Å². The van der Waals surface area contributed by atoms with Gasteiger partial charge in [-0.25, -0.2) is 0 Å². The van der Waals surface area contributed by atoms with Crippen LogP contribution >= 0.6 is 23.2 Å². The minimum absolute atomic E-state index is 0.589. The Kier molecular flexibility index (Phi) is 1.91. The first kappa shape index (κ1) is 9.08. The van der Waals surface area contributed by atoms with Gasteiger partial charge in [0, 0.05) is 21.9 Å². The standard InChI is InChI=1S/C12H6Cl2O/c13-7-5-9(14)12-8-3-1-2-4-10(8)15-11(12)6-7/h1-6H. The molecular weight excluding hydrogens is 231 g/mol. The molecule has 3 heteroatoms. The summed E-state index contributed by atoms with van der Waals surface area (Å²) < 4.78 is 5.65. The van der Waals surface area contributed by atoms with Gasteiger partial charge < -0.3 is 4.42 Å². The van der Waals surface area contributed by atoms with Crippen LogP contribution in [0.3, 0.4) is 0 Å². The maximum Gasteiger partial charge on any atom is 0.138 e. The molecule has 0 aliphatic carbocycles. The third-order valence-corrected chi connectivity index (χ3v) is 2.91. The quantitative estimate of drug-likeness (QED) is 0.542.